The zero-order chi connectivity index (χ0) is 12.3. The quantitative estimate of drug-likeness (QED) is 0.789. The van der Waals surface area contributed by atoms with E-state index in [0.717, 1.165) is 5.69 Å². The molecule has 0 aliphatic heterocycles. The van der Waals surface area contributed by atoms with Crippen LogP contribution in [0.5, 0.6) is 0 Å². The number of carbonyl (C=O) groups excluding carboxylic acids is 1. The van der Waals surface area contributed by atoms with Crippen molar-refractivity contribution in [2.75, 3.05) is 14.2 Å². The Morgan fingerprint density at radius 3 is 3.12 bits per heavy atom. The monoisotopic (exact) mass is 232 g/mol. The summed E-state index contributed by atoms with van der Waals surface area (Å²) >= 11 is 0. The maximum atomic E-state index is 11.5. The lowest BCUT2D eigenvalue weighted by atomic mass is 10.3. The largest absolute Gasteiger partial charge is 0.465 e. The lowest BCUT2D eigenvalue weighted by Gasteiger charge is -1.98. The first-order valence-corrected chi connectivity index (χ1v) is 5.03. The molecule has 2 aromatic heterocycles. The molecule has 0 aliphatic rings. The molecule has 88 valence electrons. The minimum Gasteiger partial charge on any atom is -0.465 e. The zero-order valence-electron chi connectivity index (χ0n) is 9.54. The molecule has 0 fully saturated rings. The second-order valence-electron chi connectivity index (χ2n) is 3.29. The highest BCUT2D eigenvalue weighted by Gasteiger charge is 2.13. The number of nitrogens with zero attached hydrogens (tertiary/aromatic N) is 3. The number of ether oxygens (including phenoxy) is 1. The van der Waals surface area contributed by atoms with Crippen LogP contribution in [0.25, 0.3) is 11.7 Å². The number of hydrogen-bond donors (Lipinski definition) is 1. The predicted octanol–water partition coefficient (Wildman–Crippen LogP) is 0.706. The number of methoxy groups -OCH3 is 1. The van der Waals surface area contributed by atoms with Crippen LogP contribution < -0.4 is 5.32 Å². The molecule has 2 heterocycles. The van der Waals surface area contributed by atoms with Gasteiger partial charge in [-0.1, -0.05) is 0 Å². The smallest absolute Gasteiger partial charge is 0.343 e. The summed E-state index contributed by atoms with van der Waals surface area (Å²) in [5.74, 6) is -0.442. The molecule has 0 radical (unpaired) electrons. The highest BCUT2D eigenvalue weighted by Crippen LogP contribution is 2.10. The number of esters is 1. The minimum atomic E-state index is -0.442. The van der Waals surface area contributed by atoms with Crippen molar-refractivity contribution in [2.45, 2.75) is 0 Å². The Balaban J connectivity index is 2.50. The molecule has 17 heavy (non-hydrogen) atoms. The van der Waals surface area contributed by atoms with Gasteiger partial charge in [-0.05, 0) is 18.3 Å². The maximum absolute atomic E-state index is 11.5. The van der Waals surface area contributed by atoms with E-state index in [0.29, 0.717) is 11.2 Å². The van der Waals surface area contributed by atoms with Crippen molar-refractivity contribution >= 4 is 17.7 Å². The van der Waals surface area contributed by atoms with E-state index in [1.807, 2.05) is 0 Å². The van der Waals surface area contributed by atoms with Crippen LogP contribution in [0.2, 0.25) is 0 Å². The molecular formula is C11H12N4O2. The number of nitrogens with one attached hydrogen (secondary N) is 1. The molecule has 0 bridgehead atoms. The molecule has 0 saturated heterocycles. The number of hydrogen-bond acceptors (Lipinski definition) is 5. The van der Waals surface area contributed by atoms with Gasteiger partial charge in [0.15, 0.2) is 5.65 Å². The van der Waals surface area contributed by atoms with Gasteiger partial charge in [0.1, 0.15) is 5.56 Å². The van der Waals surface area contributed by atoms with Gasteiger partial charge in [0.25, 0.3) is 0 Å². The molecule has 0 aliphatic carbocycles. The summed E-state index contributed by atoms with van der Waals surface area (Å²) in [5, 5.41) is 6.89. The summed E-state index contributed by atoms with van der Waals surface area (Å²) in [6.45, 7) is 0. The lowest BCUT2D eigenvalue weighted by molar-refractivity contribution is 0.0602. The van der Waals surface area contributed by atoms with Gasteiger partial charge in [0.05, 0.1) is 19.0 Å². The molecule has 2 aromatic rings. The topological polar surface area (TPSA) is 68.5 Å². The second-order valence-corrected chi connectivity index (χ2v) is 3.29. The van der Waals surface area contributed by atoms with Crippen molar-refractivity contribution in [2.24, 2.45) is 0 Å². The van der Waals surface area contributed by atoms with Crippen molar-refractivity contribution < 1.29 is 9.53 Å². The average molecular weight is 232 g/mol. The van der Waals surface area contributed by atoms with Crippen LogP contribution in [0.1, 0.15) is 16.1 Å². The number of fused-ring (bicyclic) bond motifs is 1. The van der Waals surface area contributed by atoms with E-state index in [1.165, 1.54) is 17.8 Å². The third-order valence-electron chi connectivity index (χ3n) is 2.22. The number of aromatic nitrogens is 3. The van der Waals surface area contributed by atoms with E-state index >= 15 is 0 Å². The molecule has 0 unspecified atom stereocenters. The molecule has 0 atom stereocenters. The number of carbonyl (C=O) groups is 1. The first-order chi connectivity index (χ1) is 8.26. The molecule has 2 rings (SSSR count). The maximum Gasteiger partial charge on any atom is 0.343 e. The van der Waals surface area contributed by atoms with Gasteiger partial charge in [0.2, 0.25) is 0 Å². The van der Waals surface area contributed by atoms with Gasteiger partial charge in [-0.15, -0.1) is 0 Å². The van der Waals surface area contributed by atoms with Gasteiger partial charge >= 0.3 is 5.97 Å². The fourth-order valence-electron chi connectivity index (χ4n) is 1.40. The van der Waals surface area contributed by atoms with Crippen LogP contribution in [0, 0.1) is 0 Å². The van der Waals surface area contributed by atoms with E-state index in [4.69, 9.17) is 0 Å². The highest BCUT2D eigenvalue weighted by atomic mass is 16.5. The van der Waals surface area contributed by atoms with E-state index < -0.39 is 5.97 Å². The summed E-state index contributed by atoms with van der Waals surface area (Å²) in [5.41, 5.74) is 1.57. The highest BCUT2D eigenvalue weighted by molar-refractivity contribution is 5.95. The molecule has 6 nitrogen and oxygen atoms in total. The zero-order valence-corrected chi connectivity index (χ0v) is 9.54. The third-order valence-corrected chi connectivity index (χ3v) is 2.22. The fourth-order valence-corrected chi connectivity index (χ4v) is 1.40. The Labute approximate surface area is 97.9 Å². The van der Waals surface area contributed by atoms with Gasteiger partial charge in [-0.25, -0.2) is 14.3 Å². The lowest BCUT2D eigenvalue weighted by Crippen LogP contribution is -2.02. The van der Waals surface area contributed by atoms with E-state index in [2.05, 4.69) is 20.1 Å². The summed E-state index contributed by atoms with van der Waals surface area (Å²) in [7, 11) is 3.13. The molecule has 1 N–H and O–H groups in total. The van der Waals surface area contributed by atoms with Crippen molar-refractivity contribution in [1.82, 2.24) is 19.9 Å². The first kappa shape index (κ1) is 11.1. The Morgan fingerprint density at radius 2 is 2.41 bits per heavy atom. The van der Waals surface area contributed by atoms with Crippen molar-refractivity contribution in [3.8, 4) is 0 Å². The van der Waals surface area contributed by atoms with Crippen LogP contribution in [-0.4, -0.2) is 34.7 Å². The Kier molecular flexibility index (Phi) is 3.04. The van der Waals surface area contributed by atoms with E-state index in [-0.39, 0.29) is 0 Å². The Bertz CT molecular complexity index is 574. The first-order valence-electron chi connectivity index (χ1n) is 5.03. The van der Waals surface area contributed by atoms with Crippen molar-refractivity contribution in [3.63, 3.8) is 0 Å². The molecule has 0 saturated carbocycles. The van der Waals surface area contributed by atoms with E-state index in [1.54, 1.807) is 31.6 Å². The number of rotatable bonds is 3. The van der Waals surface area contributed by atoms with Crippen LogP contribution in [0.3, 0.4) is 0 Å². The standard InChI is InChI=1S/C11H12N4O2/c1-12-5-3-8-4-6-15-10(14-8)9(7-13-15)11(16)17-2/h3-7,12H,1-2H3/b5-3+. The Morgan fingerprint density at radius 1 is 1.59 bits per heavy atom. The van der Waals surface area contributed by atoms with Crippen LogP contribution in [0.15, 0.2) is 24.7 Å². The molecule has 0 spiro atoms. The molecular weight excluding hydrogens is 220 g/mol. The second kappa shape index (κ2) is 4.65. The summed E-state index contributed by atoms with van der Waals surface area (Å²) in [6.07, 6.45) is 6.74. The van der Waals surface area contributed by atoms with Gasteiger partial charge in [-0.2, -0.15) is 5.10 Å². The predicted molar refractivity (Wildman–Crippen MR) is 62.4 cm³/mol. The van der Waals surface area contributed by atoms with Crippen LogP contribution in [-0.2, 0) is 4.74 Å². The molecule has 6 heteroatoms. The third kappa shape index (κ3) is 2.10. The summed E-state index contributed by atoms with van der Waals surface area (Å²) < 4.78 is 6.19. The summed E-state index contributed by atoms with van der Waals surface area (Å²) in [6, 6.07) is 1.80. The Hall–Kier alpha value is -2.37. The SMILES string of the molecule is CN/C=C/c1ccn2ncc(C(=O)OC)c2n1. The van der Waals surface area contributed by atoms with E-state index in [9.17, 15) is 4.79 Å². The van der Waals surface area contributed by atoms with Gasteiger partial charge < -0.3 is 10.1 Å². The van der Waals surface area contributed by atoms with Gasteiger partial charge in [0, 0.05) is 13.2 Å². The average Bonchev–Trinajstić information content (AvgIpc) is 2.78. The normalized spacial score (nSPS) is 10.9. The fraction of sp³-hybridized carbons (Fsp3) is 0.182. The van der Waals surface area contributed by atoms with Crippen molar-refractivity contribution in [1.29, 1.82) is 0 Å². The van der Waals surface area contributed by atoms with Crippen molar-refractivity contribution in [3.05, 3.63) is 35.9 Å². The minimum absolute atomic E-state index is 0.354. The van der Waals surface area contributed by atoms with Gasteiger partial charge in [-0.3, -0.25) is 0 Å². The van der Waals surface area contributed by atoms with Crippen LogP contribution >= 0.6 is 0 Å². The summed E-state index contributed by atoms with van der Waals surface area (Å²) in [4.78, 5) is 15.8. The molecule has 0 aromatic carbocycles. The molecule has 0 amide bonds. The van der Waals surface area contributed by atoms with Crippen LogP contribution in [0.4, 0.5) is 0 Å².